The number of aromatic hydroxyl groups is 1. The minimum absolute atomic E-state index is 0.265. The van der Waals surface area contributed by atoms with E-state index in [1.807, 2.05) is 12.1 Å². The van der Waals surface area contributed by atoms with E-state index in [0.717, 1.165) is 26.2 Å². The van der Waals surface area contributed by atoms with Crippen LogP contribution in [0.3, 0.4) is 0 Å². The van der Waals surface area contributed by atoms with Crippen LogP contribution in [0.15, 0.2) is 24.3 Å². The van der Waals surface area contributed by atoms with Crippen molar-refractivity contribution in [3.05, 3.63) is 24.3 Å². The van der Waals surface area contributed by atoms with Crippen molar-refractivity contribution >= 4 is 5.69 Å². The Morgan fingerprint density at radius 2 is 1.47 bits per heavy atom. The van der Waals surface area contributed by atoms with E-state index in [9.17, 15) is 5.11 Å². The van der Waals surface area contributed by atoms with E-state index in [1.165, 1.54) is 5.69 Å². The fraction of sp³-hybridized carbons (Fsp3) is 0.571. The summed E-state index contributed by atoms with van der Waals surface area (Å²) in [7, 11) is 0. The molecule has 0 unspecified atom stereocenters. The third-order valence-corrected chi connectivity index (χ3v) is 3.44. The van der Waals surface area contributed by atoms with Gasteiger partial charge >= 0.3 is 0 Å². The second kappa shape index (κ2) is 4.57. The summed E-state index contributed by atoms with van der Waals surface area (Å²) in [5.41, 5.74) is 1.47. The number of nitrogens with zero attached hydrogens (tertiary/aromatic N) is 2. The zero-order valence-corrected chi connectivity index (χ0v) is 11.0. The second-order valence-corrected chi connectivity index (χ2v) is 5.66. The van der Waals surface area contributed by atoms with Gasteiger partial charge in [0, 0.05) is 37.4 Å². The Morgan fingerprint density at radius 1 is 0.941 bits per heavy atom. The average Bonchev–Trinajstić information content (AvgIpc) is 2.29. The van der Waals surface area contributed by atoms with Gasteiger partial charge in [-0.25, -0.2) is 0 Å². The molecule has 1 aromatic carbocycles. The van der Waals surface area contributed by atoms with Gasteiger partial charge in [-0.3, -0.25) is 4.90 Å². The molecule has 3 heteroatoms. The zero-order valence-electron chi connectivity index (χ0n) is 11.0. The first kappa shape index (κ1) is 12.2. The predicted octanol–water partition coefficient (Wildman–Crippen LogP) is 2.31. The number of benzene rings is 1. The van der Waals surface area contributed by atoms with Crippen molar-refractivity contribution < 1.29 is 5.11 Å². The molecule has 0 atom stereocenters. The largest absolute Gasteiger partial charge is 0.508 e. The highest BCUT2D eigenvalue weighted by atomic mass is 16.3. The van der Waals surface area contributed by atoms with E-state index in [2.05, 4.69) is 30.6 Å². The standard InChI is InChI=1S/C14H22N2O/c1-14(2,3)16-10-8-15(9-11-16)12-4-6-13(17)7-5-12/h4-7,17H,8-11H2,1-3H3. The van der Waals surface area contributed by atoms with Gasteiger partial charge in [0.15, 0.2) is 0 Å². The second-order valence-electron chi connectivity index (χ2n) is 5.66. The Balaban J connectivity index is 1.97. The summed E-state index contributed by atoms with van der Waals surface area (Å²) >= 11 is 0. The van der Waals surface area contributed by atoms with E-state index >= 15 is 0 Å². The van der Waals surface area contributed by atoms with E-state index in [-0.39, 0.29) is 5.54 Å². The lowest BCUT2D eigenvalue weighted by Gasteiger charge is -2.43. The fourth-order valence-electron chi connectivity index (χ4n) is 2.30. The quantitative estimate of drug-likeness (QED) is 0.808. The van der Waals surface area contributed by atoms with Gasteiger partial charge in [-0.05, 0) is 45.0 Å². The third-order valence-electron chi connectivity index (χ3n) is 3.44. The van der Waals surface area contributed by atoms with Gasteiger partial charge in [0.05, 0.1) is 0 Å². The Bertz CT molecular complexity index is 359. The first-order valence-electron chi connectivity index (χ1n) is 6.26. The van der Waals surface area contributed by atoms with E-state index in [1.54, 1.807) is 12.1 Å². The lowest BCUT2D eigenvalue weighted by atomic mass is 10.0. The first-order chi connectivity index (χ1) is 7.97. The van der Waals surface area contributed by atoms with Crippen molar-refractivity contribution in [2.24, 2.45) is 0 Å². The SMILES string of the molecule is CC(C)(C)N1CCN(c2ccc(O)cc2)CC1. The molecule has 1 aliphatic heterocycles. The molecule has 1 aliphatic rings. The first-order valence-corrected chi connectivity index (χ1v) is 6.26. The maximum atomic E-state index is 9.28. The minimum Gasteiger partial charge on any atom is -0.508 e. The van der Waals surface area contributed by atoms with Crippen molar-refractivity contribution in [2.45, 2.75) is 26.3 Å². The van der Waals surface area contributed by atoms with Gasteiger partial charge in [0.2, 0.25) is 0 Å². The normalized spacial score (nSPS) is 18.4. The summed E-state index contributed by atoms with van der Waals surface area (Å²) in [5, 5.41) is 9.28. The maximum Gasteiger partial charge on any atom is 0.115 e. The molecular formula is C14H22N2O. The van der Waals surface area contributed by atoms with E-state index in [4.69, 9.17) is 0 Å². The third kappa shape index (κ3) is 2.91. The van der Waals surface area contributed by atoms with Gasteiger partial charge < -0.3 is 10.0 Å². The fourth-order valence-corrected chi connectivity index (χ4v) is 2.30. The summed E-state index contributed by atoms with van der Waals surface area (Å²) in [6, 6.07) is 7.49. The number of rotatable bonds is 1. The molecule has 0 aromatic heterocycles. The Labute approximate surface area is 104 Å². The molecule has 0 aliphatic carbocycles. The van der Waals surface area contributed by atoms with E-state index in [0.29, 0.717) is 5.75 Å². The molecule has 0 amide bonds. The Kier molecular flexibility index (Phi) is 3.29. The van der Waals surface area contributed by atoms with Crippen LogP contribution in [-0.2, 0) is 0 Å². The van der Waals surface area contributed by atoms with Crippen LogP contribution in [0.2, 0.25) is 0 Å². The highest BCUT2D eigenvalue weighted by Crippen LogP contribution is 2.22. The van der Waals surface area contributed by atoms with Crippen LogP contribution in [0, 0.1) is 0 Å². The van der Waals surface area contributed by atoms with Crippen LogP contribution in [0.4, 0.5) is 5.69 Å². The highest BCUT2D eigenvalue weighted by molar-refractivity contribution is 5.49. The van der Waals surface area contributed by atoms with Gasteiger partial charge in [0.1, 0.15) is 5.75 Å². The van der Waals surface area contributed by atoms with Crippen LogP contribution in [0.1, 0.15) is 20.8 Å². The Hall–Kier alpha value is -1.22. The molecule has 17 heavy (non-hydrogen) atoms. The van der Waals surface area contributed by atoms with Gasteiger partial charge in [0.25, 0.3) is 0 Å². The molecule has 1 aromatic rings. The number of piperazine rings is 1. The van der Waals surface area contributed by atoms with Crippen LogP contribution >= 0.6 is 0 Å². The molecule has 94 valence electrons. The lowest BCUT2D eigenvalue weighted by molar-refractivity contribution is 0.128. The molecule has 2 rings (SSSR count). The Morgan fingerprint density at radius 3 is 1.94 bits per heavy atom. The average molecular weight is 234 g/mol. The van der Waals surface area contributed by atoms with Crippen LogP contribution in [0.5, 0.6) is 5.75 Å². The summed E-state index contributed by atoms with van der Waals surface area (Å²) in [6.07, 6.45) is 0. The molecule has 0 saturated carbocycles. The number of hydrogen-bond donors (Lipinski definition) is 1. The van der Waals surface area contributed by atoms with Gasteiger partial charge in [-0.2, -0.15) is 0 Å². The minimum atomic E-state index is 0.265. The lowest BCUT2D eigenvalue weighted by Crippen LogP contribution is -2.53. The molecule has 3 nitrogen and oxygen atoms in total. The molecular weight excluding hydrogens is 212 g/mol. The summed E-state index contributed by atoms with van der Waals surface area (Å²) in [4.78, 5) is 4.89. The summed E-state index contributed by atoms with van der Waals surface area (Å²) in [5.74, 6) is 0.335. The van der Waals surface area contributed by atoms with E-state index < -0.39 is 0 Å². The van der Waals surface area contributed by atoms with Crippen LogP contribution in [-0.4, -0.2) is 41.7 Å². The maximum absolute atomic E-state index is 9.28. The number of phenols is 1. The zero-order chi connectivity index (χ0) is 12.5. The van der Waals surface area contributed by atoms with Crippen molar-refractivity contribution in [1.29, 1.82) is 0 Å². The molecule has 1 N–H and O–H groups in total. The van der Waals surface area contributed by atoms with Gasteiger partial charge in [-0.15, -0.1) is 0 Å². The molecule has 0 bridgehead atoms. The van der Waals surface area contributed by atoms with Crippen LogP contribution in [0.25, 0.3) is 0 Å². The smallest absolute Gasteiger partial charge is 0.115 e. The summed E-state index contributed by atoms with van der Waals surface area (Å²) < 4.78 is 0. The summed E-state index contributed by atoms with van der Waals surface area (Å²) in [6.45, 7) is 11.1. The number of anilines is 1. The van der Waals surface area contributed by atoms with Crippen molar-refractivity contribution in [3.63, 3.8) is 0 Å². The van der Waals surface area contributed by atoms with Crippen molar-refractivity contribution in [3.8, 4) is 5.75 Å². The van der Waals surface area contributed by atoms with Gasteiger partial charge in [-0.1, -0.05) is 0 Å². The number of hydrogen-bond acceptors (Lipinski definition) is 3. The van der Waals surface area contributed by atoms with Crippen molar-refractivity contribution in [2.75, 3.05) is 31.1 Å². The molecule has 1 heterocycles. The highest BCUT2D eigenvalue weighted by Gasteiger charge is 2.25. The molecule has 0 radical (unpaired) electrons. The van der Waals surface area contributed by atoms with Crippen molar-refractivity contribution in [1.82, 2.24) is 4.90 Å². The predicted molar refractivity (Wildman–Crippen MR) is 71.6 cm³/mol. The topological polar surface area (TPSA) is 26.7 Å². The number of phenolic OH excluding ortho intramolecular Hbond substituents is 1. The molecule has 1 fully saturated rings. The molecule has 1 saturated heterocycles. The van der Waals surface area contributed by atoms with Crippen LogP contribution < -0.4 is 4.90 Å². The monoisotopic (exact) mass is 234 g/mol. The molecule has 0 spiro atoms.